The van der Waals surface area contributed by atoms with E-state index in [1.165, 1.54) is 0 Å². The second-order valence-corrected chi connectivity index (χ2v) is 3.65. The molecule has 0 unspecified atom stereocenters. The summed E-state index contributed by atoms with van der Waals surface area (Å²) in [6, 6.07) is 3.62. The summed E-state index contributed by atoms with van der Waals surface area (Å²) < 4.78 is 5.48. The van der Waals surface area contributed by atoms with Gasteiger partial charge in [-0.15, -0.1) is 12.4 Å². The lowest BCUT2D eigenvalue weighted by atomic mass is 10.2. The molecule has 1 heterocycles. The van der Waals surface area contributed by atoms with Gasteiger partial charge in [0.05, 0.1) is 10.0 Å². The Morgan fingerprint density at radius 3 is 2.86 bits per heavy atom. The molecule has 0 amide bonds. The van der Waals surface area contributed by atoms with Crippen LogP contribution in [0, 0.1) is 0 Å². The fraction of sp³-hybridized carbons (Fsp3) is 0.333. The zero-order valence-corrected chi connectivity index (χ0v) is 9.68. The highest BCUT2D eigenvalue weighted by molar-refractivity contribution is 6.42. The minimum Gasteiger partial charge on any atom is -0.492 e. The zero-order chi connectivity index (χ0) is 9.26. The SMILES string of the molecule is Cl.Clc1ccc2c(c1Cl)CNCCO2. The van der Waals surface area contributed by atoms with E-state index in [9.17, 15) is 0 Å². The van der Waals surface area contributed by atoms with E-state index >= 15 is 0 Å². The maximum Gasteiger partial charge on any atom is 0.125 e. The summed E-state index contributed by atoms with van der Waals surface area (Å²) >= 11 is 11.9. The molecule has 0 atom stereocenters. The molecule has 0 aromatic heterocycles. The van der Waals surface area contributed by atoms with Crippen LogP contribution in [0.2, 0.25) is 10.0 Å². The molecule has 5 heteroatoms. The van der Waals surface area contributed by atoms with Gasteiger partial charge >= 0.3 is 0 Å². The summed E-state index contributed by atoms with van der Waals surface area (Å²) in [7, 11) is 0. The topological polar surface area (TPSA) is 21.3 Å². The molecule has 1 aromatic rings. The van der Waals surface area contributed by atoms with Crippen LogP contribution in [0.5, 0.6) is 5.75 Å². The Labute approximate surface area is 98.9 Å². The van der Waals surface area contributed by atoms with Crippen molar-refractivity contribution in [2.24, 2.45) is 0 Å². The van der Waals surface area contributed by atoms with Crippen molar-refractivity contribution in [1.29, 1.82) is 0 Å². The lowest BCUT2D eigenvalue weighted by molar-refractivity contribution is 0.326. The summed E-state index contributed by atoms with van der Waals surface area (Å²) in [6.45, 7) is 2.22. The number of rotatable bonds is 0. The van der Waals surface area contributed by atoms with Gasteiger partial charge in [0.15, 0.2) is 0 Å². The van der Waals surface area contributed by atoms with Crippen LogP contribution in [-0.4, -0.2) is 13.2 Å². The molecule has 0 radical (unpaired) electrons. The van der Waals surface area contributed by atoms with Gasteiger partial charge in [-0.05, 0) is 12.1 Å². The third kappa shape index (κ3) is 2.26. The van der Waals surface area contributed by atoms with Crippen molar-refractivity contribution in [3.05, 3.63) is 27.7 Å². The van der Waals surface area contributed by atoms with Gasteiger partial charge in [-0.1, -0.05) is 23.2 Å². The zero-order valence-electron chi connectivity index (χ0n) is 7.35. The predicted molar refractivity (Wildman–Crippen MR) is 60.9 cm³/mol. The summed E-state index contributed by atoms with van der Waals surface area (Å²) in [6.07, 6.45) is 0. The quantitative estimate of drug-likeness (QED) is 0.769. The van der Waals surface area contributed by atoms with Gasteiger partial charge in [0, 0.05) is 18.7 Å². The van der Waals surface area contributed by atoms with Gasteiger partial charge in [0.25, 0.3) is 0 Å². The monoisotopic (exact) mass is 253 g/mol. The number of nitrogens with one attached hydrogen (secondary N) is 1. The van der Waals surface area contributed by atoms with Gasteiger partial charge in [0.1, 0.15) is 12.4 Å². The van der Waals surface area contributed by atoms with Crippen molar-refractivity contribution in [3.63, 3.8) is 0 Å². The Bertz CT molecular complexity index is 330. The van der Waals surface area contributed by atoms with Crippen LogP contribution in [0.1, 0.15) is 5.56 Å². The van der Waals surface area contributed by atoms with Crippen LogP contribution in [0.4, 0.5) is 0 Å². The summed E-state index contributed by atoms with van der Waals surface area (Å²) in [5, 5.41) is 4.37. The minimum absolute atomic E-state index is 0. The van der Waals surface area contributed by atoms with E-state index < -0.39 is 0 Å². The van der Waals surface area contributed by atoms with Crippen molar-refractivity contribution < 1.29 is 4.74 Å². The predicted octanol–water partition coefficient (Wildman–Crippen LogP) is 2.90. The van der Waals surface area contributed by atoms with E-state index in [2.05, 4.69) is 5.32 Å². The van der Waals surface area contributed by atoms with E-state index in [4.69, 9.17) is 27.9 Å². The number of hydrogen-bond donors (Lipinski definition) is 1. The molecule has 1 aliphatic heterocycles. The first kappa shape index (κ1) is 11.9. The molecule has 1 aliphatic rings. The first-order valence-electron chi connectivity index (χ1n) is 4.09. The number of hydrogen-bond acceptors (Lipinski definition) is 2. The Hall–Kier alpha value is -0.150. The fourth-order valence-electron chi connectivity index (χ4n) is 1.32. The van der Waals surface area contributed by atoms with Gasteiger partial charge in [-0.2, -0.15) is 0 Å². The summed E-state index contributed by atoms with van der Waals surface area (Å²) in [5.74, 6) is 0.833. The summed E-state index contributed by atoms with van der Waals surface area (Å²) in [5.41, 5.74) is 0.951. The third-order valence-electron chi connectivity index (χ3n) is 1.99. The smallest absolute Gasteiger partial charge is 0.125 e. The van der Waals surface area contributed by atoms with Crippen molar-refractivity contribution in [1.82, 2.24) is 5.32 Å². The molecule has 0 bridgehead atoms. The van der Waals surface area contributed by atoms with Gasteiger partial charge in [0.2, 0.25) is 0 Å². The highest BCUT2D eigenvalue weighted by Crippen LogP contribution is 2.33. The lowest BCUT2D eigenvalue weighted by Crippen LogP contribution is -2.16. The van der Waals surface area contributed by atoms with Crippen LogP contribution in [0.25, 0.3) is 0 Å². The van der Waals surface area contributed by atoms with Crippen LogP contribution in [0.15, 0.2) is 12.1 Å². The van der Waals surface area contributed by atoms with Crippen LogP contribution < -0.4 is 10.1 Å². The maximum atomic E-state index is 6.03. The second-order valence-electron chi connectivity index (χ2n) is 2.86. The molecule has 14 heavy (non-hydrogen) atoms. The molecule has 2 nitrogen and oxygen atoms in total. The highest BCUT2D eigenvalue weighted by Gasteiger charge is 2.13. The Morgan fingerprint density at radius 1 is 1.29 bits per heavy atom. The van der Waals surface area contributed by atoms with Crippen molar-refractivity contribution in [3.8, 4) is 5.75 Å². The minimum atomic E-state index is 0. The number of benzene rings is 1. The molecular formula is C9H10Cl3NO. The maximum absolute atomic E-state index is 6.03. The fourth-order valence-corrected chi connectivity index (χ4v) is 1.72. The lowest BCUT2D eigenvalue weighted by Gasteiger charge is -2.08. The summed E-state index contributed by atoms with van der Waals surface area (Å²) in [4.78, 5) is 0. The molecule has 0 aliphatic carbocycles. The van der Waals surface area contributed by atoms with E-state index in [0.29, 0.717) is 23.2 Å². The Balaban J connectivity index is 0.000000980. The van der Waals surface area contributed by atoms with Crippen molar-refractivity contribution in [2.75, 3.05) is 13.2 Å². The van der Waals surface area contributed by atoms with Gasteiger partial charge in [-0.3, -0.25) is 0 Å². The van der Waals surface area contributed by atoms with Gasteiger partial charge in [-0.25, -0.2) is 0 Å². The van der Waals surface area contributed by atoms with Crippen LogP contribution in [-0.2, 0) is 6.54 Å². The van der Waals surface area contributed by atoms with E-state index in [1.54, 1.807) is 6.07 Å². The molecule has 78 valence electrons. The highest BCUT2D eigenvalue weighted by atomic mass is 35.5. The van der Waals surface area contributed by atoms with Crippen molar-refractivity contribution in [2.45, 2.75) is 6.54 Å². The molecule has 0 saturated heterocycles. The van der Waals surface area contributed by atoms with Crippen molar-refractivity contribution >= 4 is 35.6 Å². The normalized spacial score (nSPS) is 14.7. The molecular weight excluding hydrogens is 244 g/mol. The molecule has 1 N–H and O–H groups in total. The largest absolute Gasteiger partial charge is 0.492 e. The average Bonchev–Trinajstić information content (AvgIpc) is 2.36. The third-order valence-corrected chi connectivity index (χ3v) is 2.83. The number of ether oxygens (including phenoxy) is 1. The van der Waals surface area contributed by atoms with Gasteiger partial charge < -0.3 is 10.1 Å². The van der Waals surface area contributed by atoms with E-state index in [1.807, 2.05) is 6.07 Å². The molecule has 2 rings (SSSR count). The van der Waals surface area contributed by atoms with Crippen LogP contribution in [0.3, 0.4) is 0 Å². The van der Waals surface area contributed by atoms with E-state index in [0.717, 1.165) is 17.9 Å². The average molecular weight is 255 g/mol. The molecule has 0 fully saturated rings. The second kappa shape index (κ2) is 5.08. The Kier molecular flexibility index (Phi) is 4.32. The molecule has 1 aromatic carbocycles. The van der Waals surface area contributed by atoms with E-state index in [-0.39, 0.29) is 12.4 Å². The van der Waals surface area contributed by atoms with Crippen LogP contribution >= 0.6 is 35.6 Å². The number of fused-ring (bicyclic) bond motifs is 1. The molecule has 0 saturated carbocycles. The standard InChI is InChI=1S/C9H9Cl2NO.ClH/c10-7-1-2-8-6(9(7)11)5-12-3-4-13-8;/h1-2,12H,3-5H2;1H. The molecule has 0 spiro atoms. The first-order valence-corrected chi connectivity index (χ1v) is 4.85. The first-order chi connectivity index (χ1) is 6.29. The Morgan fingerprint density at radius 2 is 2.07 bits per heavy atom. The number of halogens is 3.